The van der Waals surface area contributed by atoms with E-state index < -0.39 is 0 Å². The summed E-state index contributed by atoms with van der Waals surface area (Å²) in [6.07, 6.45) is 5.78. The van der Waals surface area contributed by atoms with Crippen LogP contribution in [0.4, 0.5) is 0 Å². The van der Waals surface area contributed by atoms with E-state index in [1.165, 1.54) is 5.56 Å². The van der Waals surface area contributed by atoms with Crippen LogP contribution in [0.25, 0.3) is 5.65 Å². The first kappa shape index (κ1) is 21.5. The minimum Gasteiger partial charge on any atom is -0.357 e. The van der Waals surface area contributed by atoms with Gasteiger partial charge in [-0.2, -0.15) is 0 Å². The summed E-state index contributed by atoms with van der Waals surface area (Å²) in [5, 5.41) is 7.43. The van der Waals surface area contributed by atoms with E-state index in [1.54, 1.807) is 0 Å². The Morgan fingerprint density at radius 1 is 1.15 bits per heavy atom. The molecule has 2 heterocycles. The first-order valence-electron chi connectivity index (χ1n) is 8.94. The number of imidazole rings is 1. The predicted molar refractivity (Wildman–Crippen MR) is 123 cm³/mol. The number of hydrogen-bond acceptors (Lipinski definition) is 2. The number of aliphatic imine (C=N–C) groups is 1. The normalized spacial score (nSPS) is 11.3. The highest BCUT2D eigenvalue weighted by Gasteiger charge is 2.02. The van der Waals surface area contributed by atoms with E-state index >= 15 is 0 Å². The topological polar surface area (TPSA) is 53.7 Å². The highest BCUT2D eigenvalue weighted by Crippen LogP contribution is 2.10. The number of benzene rings is 1. The lowest BCUT2D eigenvalue weighted by Gasteiger charge is -2.11. The van der Waals surface area contributed by atoms with Crippen molar-refractivity contribution in [3.8, 4) is 0 Å². The summed E-state index contributed by atoms with van der Waals surface area (Å²) in [5.41, 5.74) is 3.23. The average molecular weight is 498 g/mol. The van der Waals surface area contributed by atoms with Crippen LogP contribution in [0, 0.1) is 0 Å². The van der Waals surface area contributed by atoms with E-state index in [-0.39, 0.29) is 24.0 Å². The van der Waals surface area contributed by atoms with Gasteiger partial charge in [-0.1, -0.05) is 29.8 Å². The fraction of sp³-hybridized carbons (Fsp3) is 0.300. The molecule has 0 bridgehead atoms. The van der Waals surface area contributed by atoms with Gasteiger partial charge in [0.05, 0.1) is 5.69 Å². The van der Waals surface area contributed by atoms with Gasteiger partial charge in [-0.3, -0.25) is 4.99 Å². The maximum atomic E-state index is 6.03. The summed E-state index contributed by atoms with van der Waals surface area (Å²) in [6, 6.07) is 14.0. The Labute approximate surface area is 182 Å². The molecule has 0 saturated heterocycles. The van der Waals surface area contributed by atoms with Gasteiger partial charge >= 0.3 is 0 Å². The molecule has 0 aliphatic heterocycles. The Balaban J connectivity index is 0.00000261. The zero-order chi connectivity index (χ0) is 18.2. The molecule has 0 atom stereocenters. The SMILES string of the molecule is CCNC(=NCCc1cn2ccccc2n1)NCCc1cccc(Cl)c1.I. The molecule has 0 fully saturated rings. The Morgan fingerprint density at radius 2 is 2.04 bits per heavy atom. The molecule has 27 heavy (non-hydrogen) atoms. The van der Waals surface area contributed by atoms with Crippen molar-refractivity contribution in [3.05, 3.63) is 71.1 Å². The van der Waals surface area contributed by atoms with E-state index in [9.17, 15) is 0 Å². The summed E-state index contributed by atoms with van der Waals surface area (Å²) in [7, 11) is 0. The summed E-state index contributed by atoms with van der Waals surface area (Å²) in [6.45, 7) is 4.39. The summed E-state index contributed by atoms with van der Waals surface area (Å²) in [5.74, 6) is 0.832. The van der Waals surface area contributed by atoms with Crippen molar-refractivity contribution in [2.24, 2.45) is 4.99 Å². The largest absolute Gasteiger partial charge is 0.357 e. The van der Waals surface area contributed by atoms with Gasteiger partial charge in [-0.25, -0.2) is 4.98 Å². The van der Waals surface area contributed by atoms with E-state index in [2.05, 4.69) is 39.8 Å². The fourth-order valence-electron chi connectivity index (χ4n) is 2.75. The predicted octanol–water partition coefficient (Wildman–Crippen LogP) is 3.95. The lowest BCUT2D eigenvalue weighted by molar-refractivity contribution is 0.795. The van der Waals surface area contributed by atoms with Gasteiger partial charge in [0, 0.05) is 43.5 Å². The second kappa shape index (κ2) is 11.1. The van der Waals surface area contributed by atoms with Crippen molar-refractivity contribution in [2.45, 2.75) is 19.8 Å². The monoisotopic (exact) mass is 497 g/mol. The van der Waals surface area contributed by atoms with E-state index in [0.717, 1.165) is 48.3 Å². The molecule has 0 aliphatic carbocycles. The molecule has 0 saturated carbocycles. The third-order valence-corrected chi connectivity index (χ3v) is 4.23. The van der Waals surface area contributed by atoms with Crippen LogP contribution in [0.3, 0.4) is 0 Å². The minimum atomic E-state index is 0. The smallest absolute Gasteiger partial charge is 0.191 e. The molecule has 144 valence electrons. The molecular weight excluding hydrogens is 473 g/mol. The molecule has 0 aliphatic rings. The highest BCUT2D eigenvalue weighted by atomic mass is 127. The number of pyridine rings is 1. The number of rotatable bonds is 7. The van der Waals surface area contributed by atoms with Gasteiger partial charge in [0.15, 0.2) is 5.96 Å². The van der Waals surface area contributed by atoms with E-state index in [1.807, 2.05) is 47.0 Å². The van der Waals surface area contributed by atoms with Crippen molar-refractivity contribution in [1.82, 2.24) is 20.0 Å². The molecule has 0 spiro atoms. The van der Waals surface area contributed by atoms with Gasteiger partial charge in [0.25, 0.3) is 0 Å². The lowest BCUT2D eigenvalue weighted by atomic mass is 10.1. The van der Waals surface area contributed by atoms with Crippen molar-refractivity contribution < 1.29 is 0 Å². The van der Waals surface area contributed by atoms with Gasteiger partial charge in [-0.05, 0) is 43.2 Å². The van der Waals surface area contributed by atoms with E-state index in [0.29, 0.717) is 6.54 Å². The molecule has 3 rings (SSSR count). The second-order valence-corrected chi connectivity index (χ2v) is 6.45. The van der Waals surface area contributed by atoms with Gasteiger partial charge in [-0.15, -0.1) is 24.0 Å². The number of hydrogen-bond donors (Lipinski definition) is 2. The van der Waals surface area contributed by atoms with Crippen LogP contribution in [0.15, 0.2) is 59.9 Å². The molecule has 0 unspecified atom stereocenters. The molecule has 0 radical (unpaired) electrons. The number of halogens is 2. The third-order valence-electron chi connectivity index (χ3n) is 3.99. The molecule has 1 aromatic carbocycles. The van der Waals surface area contributed by atoms with Crippen LogP contribution in [0.5, 0.6) is 0 Å². The van der Waals surface area contributed by atoms with Gasteiger partial charge in [0.2, 0.25) is 0 Å². The summed E-state index contributed by atoms with van der Waals surface area (Å²) >= 11 is 6.03. The van der Waals surface area contributed by atoms with Crippen molar-refractivity contribution in [1.29, 1.82) is 0 Å². The Morgan fingerprint density at radius 3 is 2.81 bits per heavy atom. The quantitative estimate of drug-likeness (QED) is 0.295. The zero-order valence-electron chi connectivity index (χ0n) is 15.4. The van der Waals surface area contributed by atoms with Crippen LogP contribution >= 0.6 is 35.6 Å². The standard InChI is InChI=1S/C20H24ClN5.HI/c1-2-22-20(23-11-9-16-6-5-7-17(21)14-16)24-12-10-18-15-26-13-4-3-8-19(26)25-18;/h3-8,13-15H,2,9-12H2,1H3,(H2,22,23,24);1H. The average Bonchev–Trinajstić information content (AvgIpc) is 3.04. The highest BCUT2D eigenvalue weighted by molar-refractivity contribution is 14.0. The molecule has 0 amide bonds. The summed E-state index contributed by atoms with van der Waals surface area (Å²) in [4.78, 5) is 9.25. The molecule has 2 N–H and O–H groups in total. The molecule has 2 aromatic heterocycles. The van der Waals surface area contributed by atoms with Crippen LogP contribution in [0.1, 0.15) is 18.2 Å². The third kappa shape index (κ3) is 6.70. The van der Waals surface area contributed by atoms with Crippen molar-refractivity contribution >= 4 is 47.2 Å². The minimum absolute atomic E-state index is 0. The molecule has 7 heteroatoms. The molecular formula is C20H25ClIN5. The maximum absolute atomic E-state index is 6.03. The van der Waals surface area contributed by atoms with Gasteiger partial charge < -0.3 is 15.0 Å². The maximum Gasteiger partial charge on any atom is 0.191 e. The van der Waals surface area contributed by atoms with Crippen LogP contribution in [-0.4, -0.2) is 35.0 Å². The molecule has 3 aromatic rings. The lowest BCUT2D eigenvalue weighted by Crippen LogP contribution is -2.38. The summed E-state index contributed by atoms with van der Waals surface area (Å²) < 4.78 is 2.04. The second-order valence-electron chi connectivity index (χ2n) is 6.02. The fourth-order valence-corrected chi connectivity index (χ4v) is 2.96. The Hall–Kier alpha value is -1.80. The molecule has 5 nitrogen and oxygen atoms in total. The first-order valence-corrected chi connectivity index (χ1v) is 9.31. The van der Waals surface area contributed by atoms with Crippen LogP contribution in [-0.2, 0) is 12.8 Å². The Bertz CT molecular complexity index is 844. The van der Waals surface area contributed by atoms with E-state index in [4.69, 9.17) is 11.6 Å². The van der Waals surface area contributed by atoms with Crippen LogP contribution < -0.4 is 10.6 Å². The van der Waals surface area contributed by atoms with Crippen molar-refractivity contribution in [3.63, 3.8) is 0 Å². The van der Waals surface area contributed by atoms with Crippen molar-refractivity contribution in [2.75, 3.05) is 19.6 Å². The number of nitrogens with one attached hydrogen (secondary N) is 2. The number of guanidine groups is 1. The zero-order valence-corrected chi connectivity index (χ0v) is 18.4. The first-order chi connectivity index (χ1) is 12.7. The number of nitrogens with zero attached hydrogens (tertiary/aromatic N) is 3. The van der Waals surface area contributed by atoms with Gasteiger partial charge in [0.1, 0.15) is 5.65 Å². The van der Waals surface area contributed by atoms with Crippen LogP contribution in [0.2, 0.25) is 5.02 Å². The number of aromatic nitrogens is 2. The Kier molecular flexibility index (Phi) is 8.87. The number of fused-ring (bicyclic) bond motifs is 1.